The molecule has 0 spiro atoms. The first-order valence-electron chi connectivity index (χ1n) is 12.0. The average Bonchev–Trinajstić information content (AvgIpc) is 3.48. The Bertz CT molecular complexity index is 1140. The molecule has 2 amide bonds. The second-order valence-electron chi connectivity index (χ2n) is 9.43. The van der Waals surface area contributed by atoms with Crippen LogP contribution in [0.15, 0.2) is 35.0 Å². The minimum atomic E-state index is -0.411. The molecule has 3 aliphatic rings. The molecule has 2 fully saturated rings. The molecule has 1 saturated heterocycles. The molecule has 1 aliphatic carbocycles. The van der Waals surface area contributed by atoms with Crippen molar-refractivity contribution in [1.82, 2.24) is 20.4 Å². The van der Waals surface area contributed by atoms with Crippen molar-refractivity contribution in [3.8, 4) is 0 Å². The number of amides is 2. The van der Waals surface area contributed by atoms with Crippen LogP contribution in [0.4, 0.5) is 5.69 Å². The van der Waals surface area contributed by atoms with E-state index in [0.717, 1.165) is 61.2 Å². The van der Waals surface area contributed by atoms with Gasteiger partial charge in [0.05, 0.1) is 29.2 Å². The van der Waals surface area contributed by atoms with Crippen molar-refractivity contribution in [2.24, 2.45) is 10.9 Å². The van der Waals surface area contributed by atoms with Crippen LogP contribution < -0.4 is 15.5 Å². The van der Waals surface area contributed by atoms with Crippen molar-refractivity contribution >= 4 is 34.1 Å². The summed E-state index contributed by atoms with van der Waals surface area (Å²) in [6.07, 6.45) is 8.45. The summed E-state index contributed by atoms with van der Waals surface area (Å²) in [4.78, 5) is 32.2. The van der Waals surface area contributed by atoms with Gasteiger partial charge < -0.3 is 15.5 Å². The van der Waals surface area contributed by atoms with E-state index in [4.69, 9.17) is 5.10 Å². The average molecular weight is 449 g/mol. The quantitative estimate of drug-likeness (QED) is 0.734. The van der Waals surface area contributed by atoms with Crippen molar-refractivity contribution in [2.45, 2.75) is 45.6 Å². The van der Waals surface area contributed by atoms with E-state index < -0.39 is 5.92 Å². The van der Waals surface area contributed by atoms with Crippen LogP contribution in [0.25, 0.3) is 10.9 Å². The molecule has 2 N–H and O–H groups in total. The Morgan fingerprint density at radius 1 is 1.18 bits per heavy atom. The number of benzene rings is 1. The number of carbonyl (C=O) groups excluding carboxylic acids is 2. The molecule has 0 bridgehead atoms. The number of carbonyl (C=O) groups is 2. The van der Waals surface area contributed by atoms with Gasteiger partial charge in [0.1, 0.15) is 0 Å². The molecule has 2 aliphatic heterocycles. The SMILES string of the molecule is CC1=CC(C)=NC(=O)C1CNC(=O)c1cc(N2CCNCC2)cc2c1cnn2C1CCCC1. The Kier molecular flexibility index (Phi) is 6.01. The molecular weight excluding hydrogens is 416 g/mol. The van der Waals surface area contributed by atoms with Crippen molar-refractivity contribution in [3.63, 3.8) is 0 Å². The van der Waals surface area contributed by atoms with Crippen molar-refractivity contribution in [1.29, 1.82) is 0 Å². The van der Waals surface area contributed by atoms with E-state index in [0.29, 0.717) is 17.3 Å². The molecule has 1 unspecified atom stereocenters. The molecule has 0 radical (unpaired) electrons. The van der Waals surface area contributed by atoms with Crippen LogP contribution in [0.5, 0.6) is 0 Å². The zero-order valence-electron chi connectivity index (χ0n) is 19.4. The summed E-state index contributed by atoms with van der Waals surface area (Å²) in [7, 11) is 0. The van der Waals surface area contributed by atoms with Crippen LogP contribution in [0.1, 0.15) is 55.9 Å². The van der Waals surface area contributed by atoms with Gasteiger partial charge in [0, 0.05) is 49.5 Å². The van der Waals surface area contributed by atoms with Crippen LogP contribution >= 0.6 is 0 Å². The second kappa shape index (κ2) is 9.09. The highest BCUT2D eigenvalue weighted by atomic mass is 16.2. The number of nitrogens with zero attached hydrogens (tertiary/aromatic N) is 4. The predicted molar refractivity (Wildman–Crippen MR) is 130 cm³/mol. The van der Waals surface area contributed by atoms with Crippen LogP contribution in [-0.2, 0) is 4.79 Å². The molecular formula is C25H32N6O2. The Labute approximate surface area is 194 Å². The molecule has 174 valence electrons. The highest BCUT2D eigenvalue weighted by Gasteiger charge is 2.26. The largest absolute Gasteiger partial charge is 0.369 e. The maximum Gasteiger partial charge on any atom is 0.254 e. The van der Waals surface area contributed by atoms with E-state index in [-0.39, 0.29) is 18.4 Å². The summed E-state index contributed by atoms with van der Waals surface area (Å²) in [6, 6.07) is 4.57. The number of fused-ring (bicyclic) bond motifs is 1. The standard InChI is InChI=1S/C25H32N6O2/c1-16-11-17(2)29-25(33)21(16)14-27-24(32)20-12-19(30-9-7-26-8-10-30)13-23-22(20)15-28-31(23)18-5-3-4-6-18/h11-13,15,18,21,26H,3-10,14H2,1-2H3,(H,27,32). The Morgan fingerprint density at radius 3 is 2.67 bits per heavy atom. The lowest BCUT2D eigenvalue weighted by atomic mass is 9.95. The third-order valence-electron chi connectivity index (χ3n) is 7.14. The molecule has 2 aromatic rings. The van der Waals surface area contributed by atoms with E-state index in [1.165, 1.54) is 12.8 Å². The number of rotatable bonds is 5. The van der Waals surface area contributed by atoms with Gasteiger partial charge in [-0.15, -0.1) is 0 Å². The molecule has 3 heterocycles. The van der Waals surface area contributed by atoms with E-state index in [9.17, 15) is 9.59 Å². The van der Waals surface area contributed by atoms with Gasteiger partial charge in [-0.25, -0.2) is 4.99 Å². The number of hydrogen-bond donors (Lipinski definition) is 2. The lowest BCUT2D eigenvalue weighted by Crippen LogP contribution is -2.43. The molecule has 1 aromatic heterocycles. The fourth-order valence-electron chi connectivity index (χ4n) is 5.31. The normalized spacial score (nSPS) is 21.9. The molecule has 1 atom stereocenters. The van der Waals surface area contributed by atoms with E-state index >= 15 is 0 Å². The van der Waals surface area contributed by atoms with E-state index in [1.54, 1.807) is 0 Å². The Hall–Kier alpha value is -3.00. The van der Waals surface area contributed by atoms with Crippen molar-refractivity contribution < 1.29 is 9.59 Å². The maximum atomic E-state index is 13.4. The number of anilines is 1. The molecule has 8 heteroatoms. The number of aliphatic imine (C=N–C) groups is 1. The van der Waals surface area contributed by atoms with Crippen LogP contribution in [0, 0.1) is 5.92 Å². The zero-order valence-corrected chi connectivity index (χ0v) is 19.4. The summed E-state index contributed by atoms with van der Waals surface area (Å²) in [5.41, 5.74) is 4.34. The van der Waals surface area contributed by atoms with Crippen LogP contribution in [0.3, 0.4) is 0 Å². The predicted octanol–water partition coefficient (Wildman–Crippen LogP) is 2.85. The highest BCUT2D eigenvalue weighted by molar-refractivity contribution is 6.08. The summed E-state index contributed by atoms with van der Waals surface area (Å²) < 4.78 is 2.12. The molecule has 5 rings (SSSR count). The van der Waals surface area contributed by atoms with Crippen LogP contribution in [0.2, 0.25) is 0 Å². The maximum absolute atomic E-state index is 13.4. The van der Waals surface area contributed by atoms with Gasteiger partial charge in [-0.05, 0) is 44.9 Å². The Morgan fingerprint density at radius 2 is 1.94 bits per heavy atom. The number of allylic oxidation sites excluding steroid dienone is 1. The van der Waals surface area contributed by atoms with Gasteiger partial charge in [0.15, 0.2) is 0 Å². The number of dihydropyridines is 1. The molecule has 33 heavy (non-hydrogen) atoms. The Balaban J connectivity index is 1.46. The fourth-order valence-corrected chi connectivity index (χ4v) is 5.31. The van der Waals surface area contributed by atoms with E-state index in [1.807, 2.05) is 32.2 Å². The van der Waals surface area contributed by atoms with Gasteiger partial charge in [0.25, 0.3) is 11.8 Å². The molecule has 1 aromatic carbocycles. The zero-order chi connectivity index (χ0) is 22.9. The minimum Gasteiger partial charge on any atom is -0.369 e. The van der Waals surface area contributed by atoms with Gasteiger partial charge >= 0.3 is 0 Å². The van der Waals surface area contributed by atoms with Crippen molar-refractivity contribution in [3.05, 3.63) is 35.5 Å². The number of aromatic nitrogens is 2. The highest BCUT2D eigenvalue weighted by Crippen LogP contribution is 2.34. The first-order valence-corrected chi connectivity index (χ1v) is 12.0. The number of hydrogen-bond acceptors (Lipinski definition) is 5. The van der Waals surface area contributed by atoms with Crippen LogP contribution in [-0.4, -0.2) is 60.0 Å². The summed E-state index contributed by atoms with van der Waals surface area (Å²) in [5.74, 6) is -0.776. The molecule has 8 nitrogen and oxygen atoms in total. The second-order valence-corrected chi connectivity index (χ2v) is 9.43. The fraction of sp³-hybridized carbons (Fsp3) is 0.520. The number of nitrogens with one attached hydrogen (secondary N) is 2. The van der Waals surface area contributed by atoms with Crippen molar-refractivity contribution in [2.75, 3.05) is 37.6 Å². The summed E-state index contributed by atoms with van der Waals surface area (Å²) in [6.45, 7) is 7.64. The lowest BCUT2D eigenvalue weighted by Gasteiger charge is -2.30. The first-order chi connectivity index (χ1) is 16.0. The minimum absolute atomic E-state index is 0.171. The number of piperazine rings is 1. The van der Waals surface area contributed by atoms with Gasteiger partial charge in [-0.3, -0.25) is 14.3 Å². The van der Waals surface area contributed by atoms with Gasteiger partial charge in [-0.1, -0.05) is 18.4 Å². The monoisotopic (exact) mass is 448 g/mol. The third kappa shape index (κ3) is 4.31. The topological polar surface area (TPSA) is 91.6 Å². The summed E-state index contributed by atoms with van der Waals surface area (Å²) in [5, 5.41) is 12.0. The van der Waals surface area contributed by atoms with E-state index in [2.05, 4.69) is 31.3 Å². The smallest absolute Gasteiger partial charge is 0.254 e. The summed E-state index contributed by atoms with van der Waals surface area (Å²) >= 11 is 0. The first kappa shape index (κ1) is 21.8. The lowest BCUT2D eigenvalue weighted by molar-refractivity contribution is -0.120. The third-order valence-corrected chi connectivity index (χ3v) is 7.14. The van der Waals surface area contributed by atoms with Gasteiger partial charge in [0.2, 0.25) is 0 Å². The molecule has 1 saturated carbocycles. The van der Waals surface area contributed by atoms with Gasteiger partial charge in [-0.2, -0.15) is 5.10 Å².